The normalized spacial score (nSPS) is 12.0. The molecule has 0 fully saturated rings. The number of hydrogen-bond acceptors (Lipinski definition) is 4. The zero-order valence-corrected chi connectivity index (χ0v) is 16.0. The SMILES string of the molecule is C=CCCC(O)CN(Cc1ccc(F)cc1)Cc1ccc(OC)c(OC)c1. The van der Waals surface area contributed by atoms with Gasteiger partial charge in [-0.2, -0.15) is 0 Å². The fourth-order valence-corrected chi connectivity index (χ4v) is 2.97. The highest BCUT2D eigenvalue weighted by Gasteiger charge is 2.14. The third kappa shape index (κ3) is 6.70. The largest absolute Gasteiger partial charge is 0.493 e. The second-order valence-corrected chi connectivity index (χ2v) is 6.51. The van der Waals surface area contributed by atoms with Crippen molar-refractivity contribution in [3.05, 3.63) is 72.1 Å². The molecule has 0 bridgehead atoms. The number of halogens is 1. The highest BCUT2D eigenvalue weighted by molar-refractivity contribution is 5.42. The van der Waals surface area contributed by atoms with E-state index < -0.39 is 6.10 Å². The van der Waals surface area contributed by atoms with Gasteiger partial charge in [0.05, 0.1) is 20.3 Å². The van der Waals surface area contributed by atoms with Crippen molar-refractivity contribution in [2.24, 2.45) is 0 Å². The van der Waals surface area contributed by atoms with Crippen molar-refractivity contribution in [1.29, 1.82) is 0 Å². The van der Waals surface area contributed by atoms with E-state index in [2.05, 4.69) is 11.5 Å². The van der Waals surface area contributed by atoms with Gasteiger partial charge in [-0.15, -0.1) is 6.58 Å². The van der Waals surface area contributed by atoms with Crippen LogP contribution in [0.4, 0.5) is 4.39 Å². The molecule has 1 unspecified atom stereocenters. The van der Waals surface area contributed by atoms with E-state index in [1.54, 1.807) is 26.4 Å². The number of aliphatic hydroxyl groups is 1. The Balaban J connectivity index is 2.15. The Morgan fingerprint density at radius 3 is 2.30 bits per heavy atom. The molecule has 0 aliphatic heterocycles. The molecule has 2 aromatic rings. The topological polar surface area (TPSA) is 41.9 Å². The lowest BCUT2D eigenvalue weighted by Gasteiger charge is -2.25. The zero-order valence-electron chi connectivity index (χ0n) is 16.0. The van der Waals surface area contributed by atoms with E-state index in [1.165, 1.54) is 12.1 Å². The molecule has 1 atom stereocenters. The number of hydrogen-bond donors (Lipinski definition) is 1. The van der Waals surface area contributed by atoms with Crippen molar-refractivity contribution in [3.63, 3.8) is 0 Å². The maximum atomic E-state index is 13.2. The average Bonchev–Trinajstić information content (AvgIpc) is 2.68. The number of ether oxygens (including phenoxy) is 2. The smallest absolute Gasteiger partial charge is 0.161 e. The van der Waals surface area contributed by atoms with Crippen LogP contribution in [0.5, 0.6) is 11.5 Å². The van der Waals surface area contributed by atoms with Crippen LogP contribution in [-0.4, -0.2) is 36.9 Å². The summed E-state index contributed by atoms with van der Waals surface area (Å²) >= 11 is 0. The lowest BCUT2D eigenvalue weighted by Crippen LogP contribution is -2.31. The van der Waals surface area contributed by atoms with E-state index in [9.17, 15) is 9.50 Å². The minimum Gasteiger partial charge on any atom is -0.493 e. The molecule has 1 N–H and O–H groups in total. The molecule has 0 radical (unpaired) electrons. The van der Waals surface area contributed by atoms with Crippen LogP contribution < -0.4 is 9.47 Å². The van der Waals surface area contributed by atoms with Crippen LogP contribution in [0.25, 0.3) is 0 Å². The summed E-state index contributed by atoms with van der Waals surface area (Å²) in [4.78, 5) is 2.14. The summed E-state index contributed by atoms with van der Waals surface area (Å²) < 4.78 is 23.9. The van der Waals surface area contributed by atoms with Gasteiger partial charge in [-0.1, -0.05) is 24.3 Å². The molecule has 0 spiro atoms. The molecule has 146 valence electrons. The van der Waals surface area contributed by atoms with Crippen molar-refractivity contribution in [2.45, 2.75) is 32.0 Å². The number of methoxy groups -OCH3 is 2. The van der Waals surface area contributed by atoms with Crippen molar-refractivity contribution in [3.8, 4) is 11.5 Å². The number of benzene rings is 2. The predicted octanol–water partition coefficient (Wildman–Crippen LogP) is 4.17. The maximum Gasteiger partial charge on any atom is 0.161 e. The Hall–Kier alpha value is -2.37. The number of nitrogens with zero attached hydrogens (tertiary/aromatic N) is 1. The van der Waals surface area contributed by atoms with Crippen molar-refractivity contribution in [1.82, 2.24) is 4.90 Å². The van der Waals surface area contributed by atoms with Crippen LogP contribution >= 0.6 is 0 Å². The molecule has 0 aliphatic carbocycles. The zero-order chi connectivity index (χ0) is 19.6. The maximum absolute atomic E-state index is 13.2. The van der Waals surface area contributed by atoms with Gasteiger partial charge in [-0.05, 0) is 48.2 Å². The summed E-state index contributed by atoms with van der Waals surface area (Å²) in [5, 5.41) is 10.3. The van der Waals surface area contributed by atoms with Gasteiger partial charge in [0.2, 0.25) is 0 Å². The van der Waals surface area contributed by atoms with E-state index in [0.717, 1.165) is 17.5 Å². The molecule has 0 amide bonds. The second-order valence-electron chi connectivity index (χ2n) is 6.51. The molecule has 0 heterocycles. The van der Waals surface area contributed by atoms with Crippen LogP contribution in [0, 0.1) is 5.82 Å². The highest BCUT2D eigenvalue weighted by Crippen LogP contribution is 2.28. The third-order valence-electron chi connectivity index (χ3n) is 4.35. The van der Waals surface area contributed by atoms with Gasteiger partial charge < -0.3 is 14.6 Å². The summed E-state index contributed by atoms with van der Waals surface area (Å²) in [6.45, 7) is 5.46. The molecule has 0 saturated carbocycles. The first-order chi connectivity index (χ1) is 13.0. The molecule has 27 heavy (non-hydrogen) atoms. The van der Waals surface area contributed by atoms with E-state index in [0.29, 0.717) is 37.6 Å². The number of rotatable bonds is 11. The van der Waals surface area contributed by atoms with Gasteiger partial charge in [0.1, 0.15) is 5.82 Å². The Morgan fingerprint density at radius 2 is 1.67 bits per heavy atom. The van der Waals surface area contributed by atoms with Gasteiger partial charge in [0.25, 0.3) is 0 Å². The van der Waals surface area contributed by atoms with Crippen molar-refractivity contribution < 1.29 is 19.0 Å². The Labute approximate surface area is 160 Å². The second kappa shape index (κ2) is 10.7. The Kier molecular flexibility index (Phi) is 8.30. The minimum absolute atomic E-state index is 0.254. The van der Waals surface area contributed by atoms with Gasteiger partial charge in [-0.3, -0.25) is 4.90 Å². The fourth-order valence-electron chi connectivity index (χ4n) is 2.97. The highest BCUT2D eigenvalue weighted by atomic mass is 19.1. The van der Waals surface area contributed by atoms with Crippen LogP contribution in [-0.2, 0) is 13.1 Å². The molecule has 5 heteroatoms. The fraction of sp³-hybridized carbons (Fsp3) is 0.364. The molecule has 2 rings (SSSR count). The van der Waals surface area contributed by atoms with Gasteiger partial charge in [0.15, 0.2) is 11.5 Å². The predicted molar refractivity (Wildman–Crippen MR) is 105 cm³/mol. The van der Waals surface area contributed by atoms with E-state index in [1.807, 2.05) is 24.3 Å². The number of allylic oxidation sites excluding steroid dienone is 1. The van der Waals surface area contributed by atoms with E-state index in [-0.39, 0.29) is 5.82 Å². The minimum atomic E-state index is -0.455. The van der Waals surface area contributed by atoms with Crippen molar-refractivity contribution in [2.75, 3.05) is 20.8 Å². The number of aliphatic hydroxyl groups excluding tert-OH is 1. The summed E-state index contributed by atoms with van der Waals surface area (Å²) in [6.07, 6.45) is 2.78. The summed E-state index contributed by atoms with van der Waals surface area (Å²) in [5.41, 5.74) is 2.04. The third-order valence-corrected chi connectivity index (χ3v) is 4.35. The summed E-state index contributed by atoms with van der Waals surface area (Å²) in [6, 6.07) is 12.2. The van der Waals surface area contributed by atoms with Crippen LogP contribution in [0.15, 0.2) is 55.1 Å². The molecule has 0 aromatic heterocycles. The molecular formula is C22H28FNO3. The Bertz CT molecular complexity index is 718. The molecular weight excluding hydrogens is 345 g/mol. The first-order valence-electron chi connectivity index (χ1n) is 9.02. The van der Waals surface area contributed by atoms with Gasteiger partial charge >= 0.3 is 0 Å². The van der Waals surface area contributed by atoms with Crippen LogP contribution in [0.1, 0.15) is 24.0 Å². The summed E-state index contributed by atoms with van der Waals surface area (Å²) in [5.74, 6) is 1.09. The van der Waals surface area contributed by atoms with Crippen LogP contribution in [0.3, 0.4) is 0 Å². The molecule has 0 aliphatic rings. The quantitative estimate of drug-likeness (QED) is 0.600. The van der Waals surface area contributed by atoms with E-state index >= 15 is 0 Å². The van der Waals surface area contributed by atoms with Crippen molar-refractivity contribution >= 4 is 0 Å². The monoisotopic (exact) mass is 373 g/mol. The lowest BCUT2D eigenvalue weighted by atomic mass is 10.1. The first kappa shape index (κ1) is 20.9. The van der Waals surface area contributed by atoms with Gasteiger partial charge in [0, 0.05) is 19.6 Å². The Morgan fingerprint density at radius 1 is 1.04 bits per heavy atom. The van der Waals surface area contributed by atoms with E-state index in [4.69, 9.17) is 9.47 Å². The standard InChI is InChI=1S/C22H28FNO3/c1-4-5-6-20(25)16-24(14-17-7-10-19(23)11-8-17)15-18-9-12-21(26-2)22(13-18)27-3/h4,7-13,20,25H,1,5-6,14-16H2,2-3H3. The van der Waals surface area contributed by atoms with Crippen LogP contribution in [0.2, 0.25) is 0 Å². The summed E-state index contributed by atoms with van der Waals surface area (Å²) in [7, 11) is 3.21. The lowest BCUT2D eigenvalue weighted by molar-refractivity contribution is 0.0983. The first-order valence-corrected chi connectivity index (χ1v) is 9.02. The average molecular weight is 373 g/mol. The molecule has 2 aromatic carbocycles. The molecule has 4 nitrogen and oxygen atoms in total. The van der Waals surface area contributed by atoms with Gasteiger partial charge in [-0.25, -0.2) is 4.39 Å². The molecule has 0 saturated heterocycles.